The van der Waals surface area contributed by atoms with Crippen molar-refractivity contribution in [2.45, 2.75) is 18.1 Å². The molecule has 0 atom stereocenters. The summed E-state index contributed by atoms with van der Waals surface area (Å²) < 4.78 is 2.07. The molecular formula is C17H24N6OS. The number of rotatable bonds is 10. The Bertz CT molecular complexity index is 686. The van der Waals surface area contributed by atoms with Crippen molar-refractivity contribution in [3.63, 3.8) is 0 Å². The lowest BCUT2D eigenvalue weighted by Gasteiger charge is -2.13. The largest absolute Gasteiger partial charge is 0.352 e. The van der Waals surface area contributed by atoms with Gasteiger partial charge in [-0.15, -0.1) is 16.8 Å². The molecule has 0 aliphatic heterocycles. The van der Waals surface area contributed by atoms with Crippen molar-refractivity contribution in [3.05, 3.63) is 37.2 Å². The van der Waals surface area contributed by atoms with Gasteiger partial charge in [0, 0.05) is 31.0 Å². The predicted molar refractivity (Wildman–Crippen MR) is 100 cm³/mol. The van der Waals surface area contributed by atoms with Gasteiger partial charge in [0.25, 0.3) is 0 Å². The second-order valence-electron chi connectivity index (χ2n) is 5.73. The van der Waals surface area contributed by atoms with Gasteiger partial charge in [0.1, 0.15) is 0 Å². The first-order valence-electron chi connectivity index (χ1n) is 8.10. The Labute approximate surface area is 152 Å². The van der Waals surface area contributed by atoms with Gasteiger partial charge in [0.15, 0.2) is 11.0 Å². The number of hydrogen-bond acceptors (Lipinski definition) is 6. The van der Waals surface area contributed by atoms with Crippen molar-refractivity contribution in [2.75, 3.05) is 32.9 Å². The van der Waals surface area contributed by atoms with Crippen LogP contribution in [-0.4, -0.2) is 63.5 Å². The molecule has 2 aromatic rings. The standard InChI is InChI=1S/C17H24N6OS/c1-4-8-19-15(24)13-25-17-21-20-16(14-6-9-18-10-7-14)23(17)12-5-11-22(2)3/h4,6-7,9-10H,1,5,8,11-13H2,2-3H3,(H,19,24). The summed E-state index contributed by atoms with van der Waals surface area (Å²) in [4.78, 5) is 18.0. The molecule has 2 rings (SSSR count). The highest BCUT2D eigenvalue weighted by Crippen LogP contribution is 2.23. The quantitative estimate of drug-likeness (QED) is 0.513. The van der Waals surface area contributed by atoms with Crippen LogP contribution in [0.4, 0.5) is 0 Å². The Kier molecular flexibility index (Phi) is 7.62. The molecule has 1 amide bonds. The molecule has 0 unspecified atom stereocenters. The molecule has 1 N–H and O–H groups in total. The number of carbonyl (C=O) groups is 1. The summed E-state index contributed by atoms with van der Waals surface area (Å²) in [6.45, 7) is 5.82. The van der Waals surface area contributed by atoms with Crippen LogP contribution in [0.2, 0.25) is 0 Å². The zero-order valence-electron chi connectivity index (χ0n) is 14.7. The number of hydrogen-bond donors (Lipinski definition) is 1. The first-order chi connectivity index (χ1) is 12.1. The van der Waals surface area contributed by atoms with Crippen LogP contribution in [0.25, 0.3) is 11.4 Å². The van der Waals surface area contributed by atoms with E-state index in [4.69, 9.17) is 0 Å². The van der Waals surface area contributed by atoms with E-state index in [-0.39, 0.29) is 5.91 Å². The van der Waals surface area contributed by atoms with Crippen LogP contribution in [-0.2, 0) is 11.3 Å². The summed E-state index contributed by atoms with van der Waals surface area (Å²) in [5, 5.41) is 12.1. The topological polar surface area (TPSA) is 75.9 Å². The van der Waals surface area contributed by atoms with Gasteiger partial charge in [-0.3, -0.25) is 9.78 Å². The summed E-state index contributed by atoms with van der Waals surface area (Å²) >= 11 is 1.39. The maximum Gasteiger partial charge on any atom is 0.230 e. The highest BCUT2D eigenvalue weighted by molar-refractivity contribution is 7.99. The van der Waals surface area contributed by atoms with Crippen molar-refractivity contribution in [1.29, 1.82) is 0 Å². The first-order valence-corrected chi connectivity index (χ1v) is 9.09. The maximum atomic E-state index is 11.8. The van der Waals surface area contributed by atoms with Gasteiger partial charge >= 0.3 is 0 Å². The molecule has 2 aromatic heterocycles. The summed E-state index contributed by atoms with van der Waals surface area (Å²) in [6.07, 6.45) is 6.11. The van der Waals surface area contributed by atoms with Crippen molar-refractivity contribution >= 4 is 17.7 Å². The number of amides is 1. The van der Waals surface area contributed by atoms with E-state index in [1.54, 1.807) is 18.5 Å². The Morgan fingerprint density at radius 3 is 2.80 bits per heavy atom. The van der Waals surface area contributed by atoms with E-state index in [9.17, 15) is 4.79 Å². The van der Waals surface area contributed by atoms with Crippen molar-refractivity contribution in [2.24, 2.45) is 0 Å². The molecule has 0 saturated carbocycles. The van der Waals surface area contributed by atoms with Crippen molar-refractivity contribution in [3.8, 4) is 11.4 Å². The number of nitrogens with one attached hydrogen (secondary N) is 1. The van der Waals surface area contributed by atoms with Gasteiger partial charge in [-0.25, -0.2) is 0 Å². The molecule has 0 aliphatic carbocycles. The van der Waals surface area contributed by atoms with E-state index in [1.807, 2.05) is 12.1 Å². The minimum Gasteiger partial charge on any atom is -0.352 e. The van der Waals surface area contributed by atoms with Crippen LogP contribution < -0.4 is 5.32 Å². The SMILES string of the molecule is C=CCNC(=O)CSc1nnc(-c2ccncc2)n1CCCN(C)C. The van der Waals surface area contributed by atoms with Crippen LogP contribution >= 0.6 is 11.8 Å². The molecule has 0 radical (unpaired) electrons. The molecular weight excluding hydrogens is 336 g/mol. The molecule has 0 fully saturated rings. The van der Waals surface area contributed by atoms with Crippen molar-refractivity contribution in [1.82, 2.24) is 30.0 Å². The molecule has 134 valence electrons. The Balaban J connectivity index is 2.13. The Morgan fingerprint density at radius 2 is 2.12 bits per heavy atom. The summed E-state index contributed by atoms with van der Waals surface area (Å²) in [5.41, 5.74) is 0.968. The first kappa shape index (κ1) is 19.1. The molecule has 0 saturated heterocycles. The minimum atomic E-state index is -0.0433. The van der Waals surface area contributed by atoms with Crippen LogP contribution in [0.3, 0.4) is 0 Å². The zero-order chi connectivity index (χ0) is 18.1. The number of pyridine rings is 1. The molecule has 8 heteroatoms. The molecule has 7 nitrogen and oxygen atoms in total. The van der Waals surface area contributed by atoms with E-state index in [0.717, 1.165) is 36.1 Å². The molecule has 2 heterocycles. The van der Waals surface area contributed by atoms with E-state index >= 15 is 0 Å². The van der Waals surface area contributed by atoms with Crippen molar-refractivity contribution < 1.29 is 4.79 Å². The molecule has 0 aliphatic rings. The highest BCUT2D eigenvalue weighted by Gasteiger charge is 2.15. The van der Waals surface area contributed by atoms with E-state index < -0.39 is 0 Å². The average molecular weight is 360 g/mol. The lowest BCUT2D eigenvalue weighted by atomic mass is 10.2. The molecule has 25 heavy (non-hydrogen) atoms. The third-order valence-corrected chi connectivity index (χ3v) is 4.39. The molecule has 0 spiro atoms. The summed E-state index contributed by atoms with van der Waals surface area (Å²) in [6, 6.07) is 3.83. The lowest BCUT2D eigenvalue weighted by Crippen LogP contribution is -2.25. The predicted octanol–water partition coefficient (Wildman–Crippen LogP) is 1.69. The van der Waals surface area contributed by atoms with Gasteiger partial charge in [-0.05, 0) is 39.2 Å². The number of carbonyl (C=O) groups excluding carboxylic acids is 1. The zero-order valence-corrected chi connectivity index (χ0v) is 15.5. The average Bonchev–Trinajstić information content (AvgIpc) is 3.01. The fourth-order valence-electron chi connectivity index (χ4n) is 2.22. The molecule has 0 bridgehead atoms. The lowest BCUT2D eigenvalue weighted by molar-refractivity contribution is -0.118. The van der Waals surface area contributed by atoms with Crippen LogP contribution in [0.1, 0.15) is 6.42 Å². The number of aromatic nitrogens is 4. The van der Waals surface area contributed by atoms with Crippen LogP contribution in [0.5, 0.6) is 0 Å². The monoisotopic (exact) mass is 360 g/mol. The normalized spacial score (nSPS) is 10.8. The Hall–Kier alpha value is -2.19. The van der Waals surface area contributed by atoms with Gasteiger partial charge in [-0.1, -0.05) is 17.8 Å². The fourth-order valence-corrected chi connectivity index (χ4v) is 3.02. The smallest absolute Gasteiger partial charge is 0.230 e. The third-order valence-electron chi connectivity index (χ3n) is 3.42. The number of nitrogens with zero attached hydrogens (tertiary/aromatic N) is 5. The third kappa shape index (κ3) is 5.99. The minimum absolute atomic E-state index is 0.0433. The van der Waals surface area contributed by atoms with Gasteiger partial charge in [0.05, 0.1) is 5.75 Å². The summed E-state index contributed by atoms with van der Waals surface area (Å²) in [7, 11) is 4.10. The summed E-state index contributed by atoms with van der Waals surface area (Å²) in [5.74, 6) is 1.06. The van der Waals surface area contributed by atoms with Gasteiger partial charge < -0.3 is 14.8 Å². The second kappa shape index (κ2) is 9.95. The van der Waals surface area contributed by atoms with Crippen LogP contribution in [0, 0.1) is 0 Å². The Morgan fingerprint density at radius 1 is 1.36 bits per heavy atom. The van der Waals surface area contributed by atoms with Gasteiger partial charge in [-0.2, -0.15) is 0 Å². The fraction of sp³-hybridized carbons (Fsp3) is 0.412. The highest BCUT2D eigenvalue weighted by atomic mass is 32.2. The number of thioether (sulfide) groups is 1. The van der Waals surface area contributed by atoms with Crippen LogP contribution in [0.15, 0.2) is 42.3 Å². The maximum absolute atomic E-state index is 11.8. The van der Waals surface area contributed by atoms with E-state index in [1.165, 1.54) is 11.8 Å². The second-order valence-corrected chi connectivity index (χ2v) is 6.67. The molecule has 0 aromatic carbocycles. The van der Waals surface area contributed by atoms with E-state index in [2.05, 4.69) is 50.6 Å². The van der Waals surface area contributed by atoms with E-state index in [0.29, 0.717) is 12.3 Å². The van der Waals surface area contributed by atoms with Gasteiger partial charge in [0.2, 0.25) is 5.91 Å².